The Morgan fingerprint density at radius 1 is 1.00 bits per heavy atom. The molecule has 0 aromatic heterocycles. The number of benzene rings is 2. The van der Waals surface area contributed by atoms with Crippen molar-refractivity contribution in [2.24, 2.45) is 0 Å². The van der Waals surface area contributed by atoms with Gasteiger partial charge in [0, 0.05) is 30.0 Å². The number of amides is 2. The molecular formula is C20H24N2O4S. The fraction of sp³-hybridized carbons (Fsp3) is 0.300. The number of rotatable bonds is 7. The molecule has 2 amide bonds. The lowest BCUT2D eigenvalue weighted by atomic mass is 10.1. The molecular weight excluding hydrogens is 364 g/mol. The highest BCUT2D eigenvalue weighted by molar-refractivity contribution is 7.90. The summed E-state index contributed by atoms with van der Waals surface area (Å²) >= 11 is 0. The quantitative estimate of drug-likeness (QED) is 0.762. The molecule has 0 radical (unpaired) electrons. The van der Waals surface area contributed by atoms with Crippen molar-refractivity contribution in [3.8, 4) is 0 Å². The Balaban J connectivity index is 2.01. The molecule has 27 heavy (non-hydrogen) atoms. The van der Waals surface area contributed by atoms with Gasteiger partial charge in [0.15, 0.2) is 9.84 Å². The van der Waals surface area contributed by atoms with E-state index in [-0.39, 0.29) is 29.3 Å². The predicted molar refractivity (Wildman–Crippen MR) is 104 cm³/mol. The van der Waals surface area contributed by atoms with Gasteiger partial charge in [0.2, 0.25) is 0 Å². The Kier molecular flexibility index (Phi) is 6.74. The summed E-state index contributed by atoms with van der Waals surface area (Å²) in [7, 11) is -3.29. The van der Waals surface area contributed by atoms with Crippen molar-refractivity contribution < 1.29 is 18.0 Å². The molecule has 0 saturated carbocycles. The molecule has 0 aliphatic carbocycles. The van der Waals surface area contributed by atoms with E-state index in [1.54, 1.807) is 18.2 Å². The first-order chi connectivity index (χ1) is 12.7. The van der Waals surface area contributed by atoms with Gasteiger partial charge in [0.05, 0.1) is 4.90 Å². The van der Waals surface area contributed by atoms with E-state index >= 15 is 0 Å². The van der Waals surface area contributed by atoms with E-state index in [1.165, 1.54) is 24.3 Å². The number of sulfone groups is 1. The number of carbonyl (C=O) groups is 2. The van der Waals surface area contributed by atoms with Crippen molar-refractivity contribution in [1.82, 2.24) is 10.6 Å². The standard InChI is InChI=1S/C20H24N2O4S/c1-4-14(2)22-20(24)17-7-5-6-15(12-17)13-21-19(23)16-8-10-18(11-9-16)27(3,25)26/h5-12,14H,4,13H2,1-3H3,(H,21,23)(H,22,24)/t14-/m0/s1. The van der Waals surface area contributed by atoms with E-state index in [9.17, 15) is 18.0 Å². The minimum Gasteiger partial charge on any atom is -0.350 e. The van der Waals surface area contributed by atoms with Crippen LogP contribution in [-0.2, 0) is 16.4 Å². The molecule has 0 bridgehead atoms. The van der Waals surface area contributed by atoms with E-state index in [0.717, 1.165) is 18.2 Å². The van der Waals surface area contributed by atoms with Crippen molar-refractivity contribution in [1.29, 1.82) is 0 Å². The molecule has 2 aromatic carbocycles. The Morgan fingerprint density at radius 3 is 2.26 bits per heavy atom. The van der Waals surface area contributed by atoms with Gasteiger partial charge in [-0.2, -0.15) is 0 Å². The van der Waals surface area contributed by atoms with Crippen LogP contribution in [0.2, 0.25) is 0 Å². The summed E-state index contributed by atoms with van der Waals surface area (Å²) in [6.07, 6.45) is 1.96. The molecule has 0 spiro atoms. The summed E-state index contributed by atoms with van der Waals surface area (Å²) in [6.45, 7) is 4.20. The molecule has 0 aliphatic heterocycles. The molecule has 2 rings (SSSR count). The average Bonchev–Trinajstić information content (AvgIpc) is 2.65. The fourth-order valence-corrected chi connectivity index (χ4v) is 3.00. The van der Waals surface area contributed by atoms with E-state index < -0.39 is 9.84 Å². The van der Waals surface area contributed by atoms with Crippen molar-refractivity contribution >= 4 is 21.7 Å². The Morgan fingerprint density at radius 2 is 1.67 bits per heavy atom. The van der Waals surface area contributed by atoms with Crippen LogP contribution in [0.1, 0.15) is 46.5 Å². The number of hydrogen-bond donors (Lipinski definition) is 2. The van der Waals surface area contributed by atoms with Crippen LogP contribution in [0.25, 0.3) is 0 Å². The van der Waals surface area contributed by atoms with Crippen LogP contribution in [0.4, 0.5) is 0 Å². The van der Waals surface area contributed by atoms with Gasteiger partial charge in [0.25, 0.3) is 11.8 Å². The second-order valence-electron chi connectivity index (χ2n) is 6.46. The van der Waals surface area contributed by atoms with Crippen LogP contribution in [0, 0.1) is 0 Å². The molecule has 0 aliphatic rings. The third-order valence-corrected chi connectivity index (χ3v) is 5.31. The zero-order valence-electron chi connectivity index (χ0n) is 15.7. The van der Waals surface area contributed by atoms with Gasteiger partial charge in [-0.25, -0.2) is 8.42 Å². The van der Waals surface area contributed by atoms with Gasteiger partial charge in [-0.3, -0.25) is 9.59 Å². The molecule has 144 valence electrons. The zero-order chi connectivity index (χ0) is 20.0. The summed E-state index contributed by atoms with van der Waals surface area (Å²) < 4.78 is 22.9. The van der Waals surface area contributed by atoms with Crippen molar-refractivity contribution in [2.75, 3.05) is 6.26 Å². The zero-order valence-corrected chi connectivity index (χ0v) is 16.5. The molecule has 1 atom stereocenters. The van der Waals surface area contributed by atoms with Crippen molar-refractivity contribution in [3.63, 3.8) is 0 Å². The van der Waals surface area contributed by atoms with Crippen LogP contribution >= 0.6 is 0 Å². The predicted octanol–water partition coefficient (Wildman–Crippen LogP) is 2.55. The maximum atomic E-state index is 12.2. The Bertz CT molecular complexity index is 921. The maximum Gasteiger partial charge on any atom is 0.251 e. The van der Waals surface area contributed by atoms with Gasteiger partial charge in [-0.1, -0.05) is 19.1 Å². The van der Waals surface area contributed by atoms with Crippen LogP contribution in [0.15, 0.2) is 53.4 Å². The van der Waals surface area contributed by atoms with Crippen LogP contribution < -0.4 is 10.6 Å². The summed E-state index contributed by atoms with van der Waals surface area (Å²) in [5.41, 5.74) is 1.71. The first-order valence-corrected chi connectivity index (χ1v) is 10.6. The van der Waals surface area contributed by atoms with Crippen LogP contribution in [0.3, 0.4) is 0 Å². The van der Waals surface area contributed by atoms with E-state index in [0.29, 0.717) is 11.1 Å². The number of hydrogen-bond acceptors (Lipinski definition) is 4. The minimum absolute atomic E-state index is 0.0933. The normalized spacial score (nSPS) is 12.3. The average molecular weight is 388 g/mol. The van der Waals surface area contributed by atoms with Gasteiger partial charge in [0.1, 0.15) is 0 Å². The minimum atomic E-state index is -3.29. The highest BCUT2D eigenvalue weighted by atomic mass is 32.2. The number of carbonyl (C=O) groups excluding carboxylic acids is 2. The molecule has 0 unspecified atom stereocenters. The summed E-state index contributed by atoms with van der Waals surface area (Å²) in [5.74, 6) is -0.460. The molecule has 0 saturated heterocycles. The highest BCUT2D eigenvalue weighted by Gasteiger charge is 2.11. The van der Waals surface area contributed by atoms with Crippen LogP contribution in [-0.4, -0.2) is 32.5 Å². The second-order valence-corrected chi connectivity index (χ2v) is 8.48. The van der Waals surface area contributed by atoms with Gasteiger partial charge in [-0.05, 0) is 55.3 Å². The van der Waals surface area contributed by atoms with Crippen molar-refractivity contribution in [2.45, 2.75) is 37.8 Å². The monoisotopic (exact) mass is 388 g/mol. The second kappa shape index (κ2) is 8.81. The highest BCUT2D eigenvalue weighted by Crippen LogP contribution is 2.11. The summed E-state index contributed by atoms with van der Waals surface area (Å²) in [5, 5.41) is 5.68. The van der Waals surface area contributed by atoms with Gasteiger partial charge < -0.3 is 10.6 Å². The lowest BCUT2D eigenvalue weighted by Crippen LogP contribution is -2.32. The smallest absolute Gasteiger partial charge is 0.251 e. The maximum absolute atomic E-state index is 12.2. The first kappa shape index (κ1) is 20.6. The van der Waals surface area contributed by atoms with Gasteiger partial charge >= 0.3 is 0 Å². The van der Waals surface area contributed by atoms with Gasteiger partial charge in [-0.15, -0.1) is 0 Å². The summed E-state index contributed by atoms with van der Waals surface area (Å²) in [4.78, 5) is 24.6. The lowest BCUT2D eigenvalue weighted by Gasteiger charge is -2.12. The Labute approximate surface area is 159 Å². The third-order valence-electron chi connectivity index (χ3n) is 4.18. The third kappa shape index (κ3) is 5.92. The molecule has 0 heterocycles. The fourth-order valence-electron chi connectivity index (χ4n) is 2.37. The van der Waals surface area contributed by atoms with Crippen molar-refractivity contribution in [3.05, 3.63) is 65.2 Å². The van der Waals surface area contributed by atoms with Crippen LogP contribution in [0.5, 0.6) is 0 Å². The first-order valence-electron chi connectivity index (χ1n) is 8.69. The SMILES string of the molecule is CC[C@H](C)NC(=O)c1cccc(CNC(=O)c2ccc(S(C)(=O)=O)cc2)c1. The van der Waals surface area contributed by atoms with E-state index in [2.05, 4.69) is 10.6 Å². The Hall–Kier alpha value is -2.67. The lowest BCUT2D eigenvalue weighted by molar-refractivity contribution is 0.0936. The van der Waals surface area contributed by atoms with E-state index in [4.69, 9.17) is 0 Å². The van der Waals surface area contributed by atoms with E-state index in [1.807, 2.05) is 19.9 Å². The summed E-state index contributed by atoms with van der Waals surface area (Å²) in [6, 6.07) is 12.9. The topological polar surface area (TPSA) is 92.3 Å². The number of nitrogens with one attached hydrogen (secondary N) is 2. The molecule has 0 fully saturated rings. The molecule has 2 N–H and O–H groups in total. The largest absolute Gasteiger partial charge is 0.350 e. The molecule has 6 nitrogen and oxygen atoms in total. The molecule has 2 aromatic rings. The molecule has 7 heteroatoms.